The van der Waals surface area contributed by atoms with Crippen LogP contribution in [0.3, 0.4) is 0 Å². The first-order chi connectivity index (χ1) is 7.89. The summed E-state index contributed by atoms with van der Waals surface area (Å²) in [6.45, 7) is 6.13. The van der Waals surface area contributed by atoms with Gasteiger partial charge in [-0.2, -0.15) is 5.10 Å². The number of anilines is 1. The lowest BCUT2D eigenvalue weighted by Gasteiger charge is -2.14. The molecule has 0 spiro atoms. The molecule has 1 aromatic carbocycles. The predicted octanol–water partition coefficient (Wildman–Crippen LogP) is 2.89. The number of hydrogen-bond acceptors (Lipinski definition) is 2. The van der Waals surface area contributed by atoms with Crippen molar-refractivity contribution in [3.8, 4) is 5.69 Å². The van der Waals surface area contributed by atoms with E-state index in [0.29, 0.717) is 11.5 Å². The zero-order valence-corrected chi connectivity index (χ0v) is 10.2. The van der Waals surface area contributed by atoms with Crippen LogP contribution in [0.25, 0.3) is 5.69 Å². The van der Waals surface area contributed by atoms with E-state index in [1.807, 2.05) is 20.8 Å². The third-order valence-corrected chi connectivity index (χ3v) is 2.59. The van der Waals surface area contributed by atoms with Gasteiger partial charge in [0.25, 0.3) is 0 Å². The van der Waals surface area contributed by atoms with Gasteiger partial charge in [-0.3, -0.25) is 0 Å². The van der Waals surface area contributed by atoms with E-state index in [2.05, 4.69) is 5.10 Å². The van der Waals surface area contributed by atoms with Crippen LogP contribution in [-0.2, 0) is 5.41 Å². The number of nitrogens with two attached hydrogens (primary N) is 1. The Morgan fingerprint density at radius 2 is 1.88 bits per heavy atom. The molecule has 90 valence electrons. The zero-order chi connectivity index (χ0) is 12.6. The molecule has 2 N–H and O–H groups in total. The van der Waals surface area contributed by atoms with Crippen LogP contribution in [0.1, 0.15) is 26.5 Å². The Labute approximate surface area is 100 Å². The average molecular weight is 233 g/mol. The second kappa shape index (κ2) is 3.87. The zero-order valence-electron chi connectivity index (χ0n) is 10.2. The Kier molecular flexibility index (Phi) is 2.65. The minimum absolute atomic E-state index is 0.107. The number of rotatable bonds is 1. The summed E-state index contributed by atoms with van der Waals surface area (Å²) in [5.41, 5.74) is 6.99. The second-order valence-corrected chi connectivity index (χ2v) is 5.07. The fraction of sp³-hybridized carbons (Fsp3) is 0.308. The summed E-state index contributed by atoms with van der Waals surface area (Å²) in [6.07, 6.45) is 0. The standard InChI is InChI=1S/C13H16FN3/c1-13(2,3)11-8-12(15)17(16-11)10-7-5-4-6-9(10)14/h4-8H,15H2,1-3H3. The maximum Gasteiger partial charge on any atom is 0.148 e. The molecule has 2 rings (SSSR count). The van der Waals surface area contributed by atoms with Crippen molar-refractivity contribution in [3.05, 3.63) is 41.8 Å². The van der Waals surface area contributed by atoms with Crippen molar-refractivity contribution >= 4 is 5.82 Å². The third-order valence-electron chi connectivity index (χ3n) is 2.59. The summed E-state index contributed by atoms with van der Waals surface area (Å²) in [5, 5.41) is 4.36. The van der Waals surface area contributed by atoms with E-state index >= 15 is 0 Å². The maximum absolute atomic E-state index is 13.6. The van der Waals surface area contributed by atoms with Gasteiger partial charge in [-0.1, -0.05) is 32.9 Å². The van der Waals surface area contributed by atoms with Gasteiger partial charge < -0.3 is 5.73 Å². The number of halogens is 1. The van der Waals surface area contributed by atoms with Gasteiger partial charge in [-0.15, -0.1) is 0 Å². The van der Waals surface area contributed by atoms with Crippen molar-refractivity contribution in [2.75, 3.05) is 5.73 Å². The van der Waals surface area contributed by atoms with Crippen LogP contribution in [0.5, 0.6) is 0 Å². The molecular formula is C13H16FN3. The average Bonchev–Trinajstić information content (AvgIpc) is 2.61. The first-order valence-corrected chi connectivity index (χ1v) is 5.50. The van der Waals surface area contributed by atoms with E-state index in [1.54, 1.807) is 24.3 Å². The van der Waals surface area contributed by atoms with E-state index in [-0.39, 0.29) is 11.2 Å². The van der Waals surface area contributed by atoms with Gasteiger partial charge in [-0.25, -0.2) is 9.07 Å². The van der Waals surface area contributed by atoms with Gasteiger partial charge in [-0.05, 0) is 12.1 Å². The first kappa shape index (κ1) is 11.6. The Balaban J connectivity index is 2.55. The fourth-order valence-electron chi connectivity index (χ4n) is 1.58. The molecule has 0 aliphatic heterocycles. The Morgan fingerprint density at radius 3 is 2.41 bits per heavy atom. The SMILES string of the molecule is CC(C)(C)c1cc(N)n(-c2ccccc2F)n1. The third kappa shape index (κ3) is 2.16. The van der Waals surface area contributed by atoms with Crippen LogP contribution in [0.2, 0.25) is 0 Å². The van der Waals surface area contributed by atoms with Crippen LogP contribution in [0.4, 0.5) is 10.2 Å². The summed E-state index contributed by atoms with van der Waals surface area (Å²) >= 11 is 0. The van der Waals surface area contributed by atoms with Crippen molar-refractivity contribution in [2.45, 2.75) is 26.2 Å². The fourth-order valence-corrected chi connectivity index (χ4v) is 1.58. The van der Waals surface area contributed by atoms with Gasteiger partial charge in [0.15, 0.2) is 0 Å². The highest BCUT2D eigenvalue weighted by molar-refractivity contribution is 5.44. The van der Waals surface area contributed by atoms with Gasteiger partial charge >= 0.3 is 0 Å². The van der Waals surface area contributed by atoms with Gasteiger partial charge in [0.2, 0.25) is 0 Å². The van der Waals surface area contributed by atoms with Crippen molar-refractivity contribution in [1.82, 2.24) is 9.78 Å². The van der Waals surface area contributed by atoms with E-state index < -0.39 is 0 Å². The number of aromatic nitrogens is 2. The summed E-state index contributed by atoms with van der Waals surface area (Å²) in [5.74, 6) is 0.114. The number of nitrogens with zero attached hydrogens (tertiary/aromatic N) is 2. The minimum Gasteiger partial charge on any atom is -0.384 e. The summed E-state index contributed by atoms with van der Waals surface area (Å²) < 4.78 is 15.1. The molecule has 0 saturated carbocycles. The molecule has 0 bridgehead atoms. The molecule has 1 aromatic heterocycles. The van der Waals surface area contributed by atoms with Gasteiger partial charge in [0.05, 0.1) is 5.69 Å². The van der Waals surface area contributed by atoms with Gasteiger partial charge in [0.1, 0.15) is 17.3 Å². The molecule has 2 aromatic rings. The summed E-state index contributed by atoms with van der Waals surface area (Å²) in [6, 6.07) is 8.24. The molecule has 0 fully saturated rings. The molecule has 0 unspecified atom stereocenters. The molecule has 0 atom stereocenters. The van der Waals surface area contributed by atoms with E-state index in [0.717, 1.165) is 5.69 Å². The van der Waals surface area contributed by atoms with E-state index in [4.69, 9.17) is 5.73 Å². The van der Waals surface area contributed by atoms with E-state index in [9.17, 15) is 4.39 Å². The predicted molar refractivity (Wildman–Crippen MR) is 66.6 cm³/mol. The summed E-state index contributed by atoms with van der Waals surface area (Å²) in [7, 11) is 0. The Hall–Kier alpha value is -1.84. The molecule has 0 saturated heterocycles. The smallest absolute Gasteiger partial charge is 0.148 e. The molecule has 3 nitrogen and oxygen atoms in total. The first-order valence-electron chi connectivity index (χ1n) is 5.50. The number of para-hydroxylation sites is 1. The monoisotopic (exact) mass is 233 g/mol. The number of hydrogen-bond donors (Lipinski definition) is 1. The van der Waals surface area contributed by atoms with Crippen LogP contribution >= 0.6 is 0 Å². The van der Waals surface area contributed by atoms with Crippen LogP contribution in [0.15, 0.2) is 30.3 Å². The highest BCUT2D eigenvalue weighted by Crippen LogP contribution is 2.25. The molecule has 0 amide bonds. The highest BCUT2D eigenvalue weighted by Gasteiger charge is 2.20. The van der Waals surface area contributed by atoms with Gasteiger partial charge in [0, 0.05) is 11.5 Å². The molecule has 1 heterocycles. The normalized spacial score (nSPS) is 11.8. The lowest BCUT2D eigenvalue weighted by atomic mass is 9.92. The molecule has 4 heteroatoms. The summed E-state index contributed by atoms with van der Waals surface area (Å²) in [4.78, 5) is 0. The lowest BCUT2D eigenvalue weighted by molar-refractivity contribution is 0.555. The Morgan fingerprint density at radius 1 is 1.24 bits per heavy atom. The van der Waals surface area contributed by atoms with E-state index in [1.165, 1.54) is 10.7 Å². The largest absolute Gasteiger partial charge is 0.384 e. The second-order valence-electron chi connectivity index (χ2n) is 5.07. The van der Waals surface area contributed by atoms with Crippen LogP contribution in [-0.4, -0.2) is 9.78 Å². The molecule has 0 aliphatic carbocycles. The van der Waals surface area contributed by atoms with Crippen molar-refractivity contribution in [1.29, 1.82) is 0 Å². The Bertz CT molecular complexity index is 538. The maximum atomic E-state index is 13.6. The topological polar surface area (TPSA) is 43.8 Å². The molecule has 0 radical (unpaired) electrons. The quantitative estimate of drug-likeness (QED) is 0.823. The molecular weight excluding hydrogens is 217 g/mol. The highest BCUT2D eigenvalue weighted by atomic mass is 19.1. The van der Waals surface area contributed by atoms with Crippen molar-refractivity contribution in [3.63, 3.8) is 0 Å². The minimum atomic E-state index is -0.331. The molecule has 0 aliphatic rings. The van der Waals surface area contributed by atoms with Crippen LogP contribution < -0.4 is 5.73 Å². The van der Waals surface area contributed by atoms with Crippen molar-refractivity contribution < 1.29 is 4.39 Å². The molecule has 17 heavy (non-hydrogen) atoms. The van der Waals surface area contributed by atoms with Crippen LogP contribution in [0, 0.1) is 5.82 Å². The van der Waals surface area contributed by atoms with Crippen molar-refractivity contribution in [2.24, 2.45) is 0 Å². The number of benzene rings is 1. The lowest BCUT2D eigenvalue weighted by Crippen LogP contribution is -2.13. The number of nitrogen functional groups attached to an aromatic ring is 1.